The Bertz CT molecular complexity index is 1140. The van der Waals surface area contributed by atoms with Gasteiger partial charge in [-0.3, -0.25) is 0 Å². The van der Waals surface area contributed by atoms with Gasteiger partial charge in [-0.15, -0.1) is 10.2 Å². The van der Waals surface area contributed by atoms with Crippen LogP contribution in [0.3, 0.4) is 0 Å². The molecule has 1 fully saturated rings. The van der Waals surface area contributed by atoms with Gasteiger partial charge < -0.3 is 15.3 Å². The van der Waals surface area contributed by atoms with Crippen LogP contribution in [0.25, 0.3) is 0 Å². The number of nitrogens with one attached hydrogen (secondary N) is 2. The Kier molecular flexibility index (Phi) is 9.54. The summed E-state index contributed by atoms with van der Waals surface area (Å²) in [7, 11) is 0. The van der Waals surface area contributed by atoms with Crippen molar-refractivity contribution in [1.29, 1.82) is 0 Å². The summed E-state index contributed by atoms with van der Waals surface area (Å²) in [5.74, 6) is 1.15. The van der Waals surface area contributed by atoms with Crippen molar-refractivity contribution >= 4 is 22.0 Å². The standard InChI is InChI=1S/C29H39BrN6O2/c1-29(2,3)23-10-14-25(15-11-23)36(28(38)31-17-16-20-6-12-24(30)13-7-20)19-21-4-8-22(9-5-21)26(37)18-27-32-34-35-33-27/h4-9,12-13,23,25-26,37H,10-11,14-19H2,1-3H3,(H,31,38)(H,32,33,34,35)/t23?,25?,26-/m0/s1. The molecule has 204 valence electrons. The van der Waals surface area contributed by atoms with Crippen LogP contribution in [0.4, 0.5) is 4.79 Å². The molecule has 3 N–H and O–H groups in total. The van der Waals surface area contributed by atoms with Gasteiger partial charge in [-0.2, -0.15) is 5.21 Å². The molecule has 0 aliphatic heterocycles. The van der Waals surface area contributed by atoms with Crippen molar-refractivity contribution in [2.24, 2.45) is 11.3 Å². The molecular weight excluding hydrogens is 544 g/mol. The fourth-order valence-electron chi connectivity index (χ4n) is 5.29. The van der Waals surface area contributed by atoms with Crippen molar-refractivity contribution < 1.29 is 9.90 Å². The molecule has 1 atom stereocenters. The maximum absolute atomic E-state index is 13.5. The molecule has 0 unspecified atom stereocenters. The van der Waals surface area contributed by atoms with Crippen LogP contribution >= 0.6 is 15.9 Å². The summed E-state index contributed by atoms with van der Waals surface area (Å²) in [5, 5.41) is 27.5. The van der Waals surface area contributed by atoms with Crippen molar-refractivity contribution in [2.75, 3.05) is 6.54 Å². The lowest BCUT2D eigenvalue weighted by molar-refractivity contribution is 0.105. The maximum Gasteiger partial charge on any atom is 0.317 e. The van der Waals surface area contributed by atoms with Crippen LogP contribution in [0.5, 0.6) is 0 Å². The highest BCUT2D eigenvalue weighted by atomic mass is 79.9. The smallest absolute Gasteiger partial charge is 0.317 e. The third kappa shape index (κ3) is 7.86. The minimum atomic E-state index is -0.715. The number of aliphatic hydroxyl groups is 1. The lowest BCUT2D eigenvalue weighted by atomic mass is 9.71. The molecule has 2 aromatic carbocycles. The normalized spacial score (nSPS) is 18.7. The summed E-state index contributed by atoms with van der Waals surface area (Å²) in [6.07, 6.45) is 4.67. The highest BCUT2D eigenvalue weighted by Crippen LogP contribution is 2.39. The van der Waals surface area contributed by atoms with Crippen LogP contribution in [0.2, 0.25) is 0 Å². The van der Waals surface area contributed by atoms with E-state index in [0.29, 0.717) is 36.7 Å². The van der Waals surface area contributed by atoms with Crippen molar-refractivity contribution in [1.82, 2.24) is 30.8 Å². The fraction of sp³-hybridized carbons (Fsp3) is 0.517. The Morgan fingerprint density at radius 2 is 1.74 bits per heavy atom. The van der Waals surface area contributed by atoms with Gasteiger partial charge in [0.1, 0.15) is 0 Å². The van der Waals surface area contributed by atoms with Gasteiger partial charge in [0.25, 0.3) is 0 Å². The molecule has 9 heteroatoms. The molecular formula is C29H39BrN6O2. The summed E-state index contributed by atoms with van der Waals surface area (Å²) < 4.78 is 1.05. The number of tetrazole rings is 1. The van der Waals surface area contributed by atoms with E-state index in [9.17, 15) is 9.90 Å². The third-order valence-corrected chi connectivity index (χ3v) is 8.24. The number of carbonyl (C=O) groups excluding carboxylic acids is 1. The Labute approximate surface area is 233 Å². The van der Waals surface area contributed by atoms with E-state index in [1.54, 1.807) is 0 Å². The minimum Gasteiger partial charge on any atom is -0.388 e. The predicted octanol–water partition coefficient (Wildman–Crippen LogP) is 5.60. The summed E-state index contributed by atoms with van der Waals surface area (Å²) in [6, 6.07) is 16.2. The molecule has 0 saturated heterocycles. The number of aromatic nitrogens is 4. The number of carbonyl (C=O) groups is 1. The van der Waals surface area contributed by atoms with Crippen LogP contribution in [0.1, 0.15) is 75.1 Å². The molecule has 3 aromatic rings. The lowest BCUT2D eigenvalue weighted by Crippen LogP contribution is -2.48. The van der Waals surface area contributed by atoms with E-state index in [2.05, 4.69) is 74.8 Å². The molecule has 4 rings (SSSR count). The van der Waals surface area contributed by atoms with Crippen LogP contribution in [-0.2, 0) is 19.4 Å². The molecule has 0 spiro atoms. The summed E-state index contributed by atoms with van der Waals surface area (Å²) in [4.78, 5) is 15.5. The number of hydrogen-bond acceptors (Lipinski definition) is 5. The van der Waals surface area contributed by atoms with E-state index in [1.165, 1.54) is 5.56 Å². The second-order valence-corrected chi connectivity index (χ2v) is 12.3. The Morgan fingerprint density at radius 3 is 2.34 bits per heavy atom. The van der Waals surface area contributed by atoms with Crippen LogP contribution in [0, 0.1) is 11.3 Å². The average Bonchev–Trinajstić information content (AvgIpc) is 3.41. The number of hydrogen-bond donors (Lipinski definition) is 3. The highest BCUT2D eigenvalue weighted by Gasteiger charge is 2.33. The first-order valence-electron chi connectivity index (χ1n) is 13.5. The second-order valence-electron chi connectivity index (χ2n) is 11.4. The SMILES string of the molecule is CC(C)(C)C1CCC(N(Cc2ccc([C@@H](O)Cc3nn[nH]n3)cc2)C(=O)NCCc2ccc(Br)cc2)CC1. The van der Waals surface area contributed by atoms with Gasteiger partial charge in [0.2, 0.25) is 0 Å². The van der Waals surface area contributed by atoms with Crippen molar-refractivity contribution in [2.45, 2.75) is 78.0 Å². The van der Waals surface area contributed by atoms with Crippen LogP contribution in [0.15, 0.2) is 53.0 Å². The summed E-state index contributed by atoms with van der Waals surface area (Å²) in [5.41, 5.74) is 3.32. The van der Waals surface area contributed by atoms with Gasteiger partial charge in [0.05, 0.1) is 6.10 Å². The largest absolute Gasteiger partial charge is 0.388 e. The second kappa shape index (κ2) is 12.8. The first-order chi connectivity index (χ1) is 18.2. The Balaban J connectivity index is 1.40. The van der Waals surface area contributed by atoms with E-state index >= 15 is 0 Å². The number of benzene rings is 2. The van der Waals surface area contributed by atoms with Crippen LogP contribution in [-0.4, -0.2) is 49.2 Å². The monoisotopic (exact) mass is 582 g/mol. The summed E-state index contributed by atoms with van der Waals surface area (Å²) in [6.45, 7) is 8.09. The molecule has 1 aromatic heterocycles. The van der Waals surface area contributed by atoms with Gasteiger partial charge in [0, 0.05) is 30.0 Å². The molecule has 0 radical (unpaired) electrons. The van der Waals surface area contributed by atoms with Gasteiger partial charge in [-0.05, 0) is 72.3 Å². The van der Waals surface area contributed by atoms with E-state index < -0.39 is 6.10 Å². The Hall–Kier alpha value is -2.78. The summed E-state index contributed by atoms with van der Waals surface area (Å²) >= 11 is 3.47. The molecule has 1 heterocycles. The fourth-order valence-corrected chi connectivity index (χ4v) is 5.55. The van der Waals surface area contributed by atoms with E-state index in [4.69, 9.17) is 0 Å². The molecule has 2 amide bonds. The molecule has 38 heavy (non-hydrogen) atoms. The lowest BCUT2D eigenvalue weighted by Gasteiger charge is -2.41. The minimum absolute atomic E-state index is 0.0115. The number of aromatic amines is 1. The number of amides is 2. The zero-order chi connectivity index (χ0) is 27.1. The first kappa shape index (κ1) is 28.2. The zero-order valence-electron chi connectivity index (χ0n) is 22.5. The number of aliphatic hydroxyl groups excluding tert-OH is 1. The van der Waals surface area contributed by atoms with Gasteiger partial charge in [0.15, 0.2) is 5.82 Å². The predicted molar refractivity (Wildman–Crippen MR) is 151 cm³/mol. The number of urea groups is 1. The molecule has 1 saturated carbocycles. The molecule has 8 nitrogen and oxygen atoms in total. The zero-order valence-corrected chi connectivity index (χ0v) is 24.1. The maximum atomic E-state index is 13.5. The van der Waals surface area contributed by atoms with Crippen molar-refractivity contribution in [3.63, 3.8) is 0 Å². The molecule has 0 bridgehead atoms. The topological polar surface area (TPSA) is 107 Å². The number of nitrogens with zero attached hydrogens (tertiary/aromatic N) is 4. The number of H-pyrrole nitrogens is 1. The molecule has 1 aliphatic carbocycles. The van der Waals surface area contributed by atoms with E-state index in [1.807, 2.05) is 41.3 Å². The van der Waals surface area contributed by atoms with Crippen LogP contribution < -0.4 is 5.32 Å². The van der Waals surface area contributed by atoms with E-state index in [0.717, 1.165) is 47.7 Å². The quantitative estimate of drug-likeness (QED) is 0.304. The van der Waals surface area contributed by atoms with Gasteiger partial charge in [-0.25, -0.2) is 4.79 Å². The average molecular weight is 584 g/mol. The van der Waals surface area contributed by atoms with E-state index in [-0.39, 0.29) is 12.1 Å². The van der Waals surface area contributed by atoms with Gasteiger partial charge >= 0.3 is 6.03 Å². The van der Waals surface area contributed by atoms with Crippen molar-refractivity contribution in [3.8, 4) is 0 Å². The third-order valence-electron chi connectivity index (χ3n) is 7.71. The number of halogens is 1. The Morgan fingerprint density at radius 1 is 1.08 bits per heavy atom. The first-order valence-corrected chi connectivity index (χ1v) is 14.3. The highest BCUT2D eigenvalue weighted by molar-refractivity contribution is 9.10. The van der Waals surface area contributed by atoms with Crippen molar-refractivity contribution in [3.05, 3.63) is 75.5 Å². The van der Waals surface area contributed by atoms with Gasteiger partial charge in [-0.1, -0.05) is 78.3 Å². The number of rotatable bonds is 9. The molecule has 1 aliphatic rings.